The number of alkyl halides is 1. The van der Waals surface area contributed by atoms with Gasteiger partial charge < -0.3 is 0 Å². The highest BCUT2D eigenvalue weighted by molar-refractivity contribution is 14.1. The Kier molecular flexibility index (Phi) is 2.81. The van der Waals surface area contributed by atoms with E-state index in [9.17, 15) is 0 Å². The summed E-state index contributed by atoms with van der Waals surface area (Å²) in [6, 6.07) is 6.53. The molecule has 0 unspecified atom stereocenters. The van der Waals surface area contributed by atoms with Gasteiger partial charge in [0.1, 0.15) is 0 Å². The standard InChI is InChI=1S/C10H8ClIS/c1-6-8-3-2-7(12)4-9(8)13-10(6)5-11/h2-4H,5H2,1H3. The molecule has 0 nitrogen and oxygen atoms in total. The average Bonchev–Trinajstić information content (AvgIpc) is 2.42. The molecule has 0 N–H and O–H groups in total. The predicted molar refractivity (Wildman–Crippen MR) is 68.8 cm³/mol. The van der Waals surface area contributed by atoms with Crippen LogP contribution < -0.4 is 0 Å². The van der Waals surface area contributed by atoms with Gasteiger partial charge in [-0.3, -0.25) is 0 Å². The van der Waals surface area contributed by atoms with Gasteiger partial charge >= 0.3 is 0 Å². The molecule has 0 aliphatic rings. The van der Waals surface area contributed by atoms with Gasteiger partial charge in [0.15, 0.2) is 0 Å². The summed E-state index contributed by atoms with van der Waals surface area (Å²) in [4.78, 5) is 1.29. The highest BCUT2D eigenvalue weighted by atomic mass is 127. The first-order valence-corrected chi connectivity index (χ1v) is 6.39. The van der Waals surface area contributed by atoms with Gasteiger partial charge in [-0.25, -0.2) is 0 Å². The maximum absolute atomic E-state index is 5.85. The first-order chi connectivity index (χ1) is 6.22. The maximum atomic E-state index is 5.85. The molecule has 2 rings (SSSR count). The van der Waals surface area contributed by atoms with Crippen LogP contribution >= 0.6 is 45.5 Å². The summed E-state index contributed by atoms with van der Waals surface area (Å²) in [6.07, 6.45) is 0. The van der Waals surface area contributed by atoms with E-state index in [0.717, 1.165) is 0 Å². The van der Waals surface area contributed by atoms with Crippen molar-refractivity contribution in [1.29, 1.82) is 0 Å². The van der Waals surface area contributed by atoms with E-state index in [-0.39, 0.29) is 0 Å². The Morgan fingerprint density at radius 1 is 1.46 bits per heavy atom. The molecule has 0 saturated carbocycles. The van der Waals surface area contributed by atoms with Crippen molar-refractivity contribution in [3.05, 3.63) is 32.2 Å². The minimum absolute atomic E-state index is 0.627. The second-order valence-corrected chi connectivity index (χ2v) is 5.57. The van der Waals surface area contributed by atoms with Crippen LogP contribution in [-0.2, 0) is 5.88 Å². The molecule has 0 amide bonds. The summed E-state index contributed by atoms with van der Waals surface area (Å²) >= 11 is 9.99. The van der Waals surface area contributed by atoms with E-state index in [4.69, 9.17) is 11.6 Å². The molecule has 3 heteroatoms. The number of thiophene rings is 1. The third kappa shape index (κ3) is 1.72. The van der Waals surface area contributed by atoms with Crippen molar-refractivity contribution < 1.29 is 0 Å². The Morgan fingerprint density at radius 2 is 2.23 bits per heavy atom. The van der Waals surface area contributed by atoms with Crippen LogP contribution in [0.4, 0.5) is 0 Å². The average molecular weight is 323 g/mol. The Labute approximate surface area is 100 Å². The van der Waals surface area contributed by atoms with E-state index < -0.39 is 0 Å². The topological polar surface area (TPSA) is 0 Å². The molecule has 0 aliphatic carbocycles. The predicted octanol–water partition coefficient (Wildman–Crippen LogP) is 4.55. The summed E-state index contributed by atoms with van der Waals surface area (Å²) in [5.41, 5.74) is 1.34. The summed E-state index contributed by atoms with van der Waals surface area (Å²) in [5, 5.41) is 1.35. The Hall–Kier alpha value is 0.200. The Morgan fingerprint density at radius 3 is 2.92 bits per heavy atom. The monoisotopic (exact) mass is 322 g/mol. The highest BCUT2D eigenvalue weighted by Gasteiger charge is 2.06. The lowest BCUT2D eigenvalue weighted by molar-refractivity contribution is 1.42. The van der Waals surface area contributed by atoms with Gasteiger partial charge in [-0.1, -0.05) is 6.07 Å². The van der Waals surface area contributed by atoms with Gasteiger partial charge in [0, 0.05) is 13.1 Å². The van der Waals surface area contributed by atoms with Crippen LogP contribution in [0.2, 0.25) is 0 Å². The van der Waals surface area contributed by atoms with E-state index in [1.807, 2.05) is 0 Å². The van der Waals surface area contributed by atoms with E-state index in [0.29, 0.717) is 5.88 Å². The lowest BCUT2D eigenvalue weighted by Crippen LogP contribution is -1.74. The van der Waals surface area contributed by atoms with Gasteiger partial charge in [0.05, 0.1) is 5.88 Å². The molecule has 2 aromatic rings. The zero-order chi connectivity index (χ0) is 9.42. The molecule has 68 valence electrons. The van der Waals surface area contributed by atoms with E-state index >= 15 is 0 Å². The number of rotatable bonds is 1. The van der Waals surface area contributed by atoms with Crippen LogP contribution in [0.5, 0.6) is 0 Å². The van der Waals surface area contributed by atoms with Gasteiger partial charge in [0.2, 0.25) is 0 Å². The second-order valence-electron chi connectivity index (χ2n) is 2.92. The zero-order valence-corrected chi connectivity index (χ0v) is 10.8. The molecule has 0 aliphatic heterocycles. The largest absolute Gasteiger partial charge is 0.139 e. The fourth-order valence-electron chi connectivity index (χ4n) is 1.38. The van der Waals surface area contributed by atoms with Crippen molar-refractivity contribution in [2.75, 3.05) is 0 Å². The van der Waals surface area contributed by atoms with Crippen molar-refractivity contribution in [2.45, 2.75) is 12.8 Å². The fraction of sp³-hybridized carbons (Fsp3) is 0.200. The van der Waals surface area contributed by atoms with Crippen LogP contribution in [0.3, 0.4) is 0 Å². The molecule has 0 saturated heterocycles. The molecule has 1 aromatic carbocycles. The normalized spacial score (nSPS) is 11.0. The third-order valence-electron chi connectivity index (χ3n) is 2.12. The molecule has 13 heavy (non-hydrogen) atoms. The molecular weight excluding hydrogens is 315 g/mol. The molecule has 1 aromatic heterocycles. The van der Waals surface area contributed by atoms with Crippen molar-refractivity contribution >= 4 is 55.6 Å². The summed E-state index contributed by atoms with van der Waals surface area (Å²) < 4.78 is 2.63. The highest BCUT2D eigenvalue weighted by Crippen LogP contribution is 2.32. The van der Waals surface area contributed by atoms with Crippen molar-refractivity contribution in [1.82, 2.24) is 0 Å². The fourth-order valence-corrected chi connectivity index (χ4v) is 3.54. The van der Waals surface area contributed by atoms with E-state index in [2.05, 4.69) is 47.7 Å². The van der Waals surface area contributed by atoms with Crippen LogP contribution in [-0.4, -0.2) is 0 Å². The van der Waals surface area contributed by atoms with Gasteiger partial charge in [-0.2, -0.15) is 0 Å². The van der Waals surface area contributed by atoms with Crippen molar-refractivity contribution in [3.63, 3.8) is 0 Å². The summed E-state index contributed by atoms with van der Waals surface area (Å²) in [7, 11) is 0. The van der Waals surface area contributed by atoms with Crippen LogP contribution in [0, 0.1) is 10.5 Å². The van der Waals surface area contributed by atoms with Gasteiger partial charge in [-0.15, -0.1) is 22.9 Å². The van der Waals surface area contributed by atoms with Crippen molar-refractivity contribution in [2.24, 2.45) is 0 Å². The first kappa shape index (κ1) is 9.74. The zero-order valence-electron chi connectivity index (χ0n) is 7.10. The Bertz CT molecular complexity index is 447. The number of aryl methyl sites for hydroxylation is 1. The van der Waals surface area contributed by atoms with Crippen molar-refractivity contribution in [3.8, 4) is 0 Å². The van der Waals surface area contributed by atoms with Crippen LogP contribution in [0.1, 0.15) is 10.4 Å². The van der Waals surface area contributed by atoms with E-state index in [1.165, 1.54) is 24.1 Å². The number of fused-ring (bicyclic) bond motifs is 1. The molecule has 0 bridgehead atoms. The lowest BCUT2D eigenvalue weighted by Gasteiger charge is -1.92. The summed E-state index contributed by atoms with van der Waals surface area (Å²) in [5.74, 6) is 0.627. The minimum Gasteiger partial charge on any atom is -0.139 e. The minimum atomic E-state index is 0.627. The Balaban J connectivity index is 2.76. The summed E-state index contributed by atoms with van der Waals surface area (Å²) in [6.45, 7) is 2.14. The number of hydrogen-bond donors (Lipinski definition) is 0. The molecule has 0 spiro atoms. The number of halogens is 2. The molecule has 0 radical (unpaired) electrons. The molecule has 0 fully saturated rings. The number of hydrogen-bond acceptors (Lipinski definition) is 1. The SMILES string of the molecule is Cc1c(CCl)sc2cc(I)ccc12. The van der Waals surface area contributed by atoms with Crippen LogP contribution in [0.25, 0.3) is 10.1 Å². The first-order valence-electron chi connectivity index (χ1n) is 3.96. The third-order valence-corrected chi connectivity index (χ3v) is 4.47. The number of benzene rings is 1. The van der Waals surface area contributed by atoms with E-state index in [1.54, 1.807) is 11.3 Å². The lowest BCUT2D eigenvalue weighted by atomic mass is 10.2. The van der Waals surface area contributed by atoms with Gasteiger partial charge in [0.25, 0.3) is 0 Å². The maximum Gasteiger partial charge on any atom is 0.0571 e. The molecular formula is C10H8ClIS. The van der Waals surface area contributed by atoms with Gasteiger partial charge in [-0.05, 0) is 52.6 Å². The molecule has 0 atom stereocenters. The van der Waals surface area contributed by atoms with Crippen LogP contribution in [0.15, 0.2) is 18.2 Å². The quantitative estimate of drug-likeness (QED) is 0.533. The molecule has 1 heterocycles. The second kappa shape index (κ2) is 3.75. The smallest absolute Gasteiger partial charge is 0.0571 e.